The number of rotatable bonds is 4. The predicted molar refractivity (Wildman–Crippen MR) is 99.5 cm³/mol. The van der Waals surface area contributed by atoms with E-state index in [2.05, 4.69) is 53.9 Å². The summed E-state index contributed by atoms with van der Waals surface area (Å²) in [5.41, 5.74) is 14.7. The van der Waals surface area contributed by atoms with Gasteiger partial charge >= 0.3 is 12.1 Å². The van der Waals surface area contributed by atoms with Crippen LogP contribution in [0.2, 0.25) is 0 Å². The molecule has 0 saturated carbocycles. The molecule has 0 unspecified atom stereocenters. The van der Waals surface area contributed by atoms with Gasteiger partial charge in [0.1, 0.15) is 0 Å². The number of hydrogen-bond acceptors (Lipinski definition) is 4. The van der Waals surface area contributed by atoms with Crippen molar-refractivity contribution in [1.82, 2.24) is 5.06 Å². The number of nitrogens with zero attached hydrogens (tertiary/aromatic N) is 1. The van der Waals surface area contributed by atoms with E-state index in [1.165, 1.54) is 25.7 Å². The number of hydroxylamine groups is 2. The molecule has 0 radical (unpaired) electrons. The molecule has 8 heteroatoms. The summed E-state index contributed by atoms with van der Waals surface area (Å²) in [6.07, 6.45) is 1.48. The maximum atomic E-state index is 10.7. The molecule has 0 aliphatic heterocycles. The SMILES string of the molecule is NC(=O)N(O)CCCc1ccc2c(c1)sc1ccccc12.NC(N)=O. The van der Waals surface area contributed by atoms with E-state index < -0.39 is 12.1 Å². The van der Waals surface area contributed by atoms with Gasteiger partial charge in [0.15, 0.2) is 0 Å². The first-order valence-electron chi connectivity index (χ1n) is 7.59. The molecule has 132 valence electrons. The minimum atomic E-state index is -0.833. The molecule has 0 fully saturated rings. The molecule has 0 bridgehead atoms. The maximum Gasteiger partial charge on any atom is 0.338 e. The number of primary amides is 3. The largest absolute Gasteiger partial charge is 0.352 e. The lowest BCUT2D eigenvalue weighted by molar-refractivity contribution is -0.0398. The van der Waals surface area contributed by atoms with Crippen LogP contribution in [0.25, 0.3) is 20.2 Å². The highest BCUT2D eigenvalue weighted by Gasteiger charge is 2.07. The zero-order valence-electron chi connectivity index (χ0n) is 13.5. The Kier molecular flexibility index (Phi) is 6.15. The minimum absolute atomic E-state index is 0.250. The van der Waals surface area contributed by atoms with Crippen molar-refractivity contribution in [1.29, 1.82) is 0 Å². The number of carbonyl (C=O) groups is 2. The van der Waals surface area contributed by atoms with Crippen LogP contribution in [0, 0.1) is 0 Å². The molecule has 0 aliphatic carbocycles. The Labute approximate surface area is 148 Å². The van der Waals surface area contributed by atoms with Gasteiger partial charge in [-0.3, -0.25) is 5.21 Å². The third-order valence-corrected chi connectivity index (χ3v) is 4.67. The zero-order chi connectivity index (χ0) is 18.4. The highest BCUT2D eigenvalue weighted by atomic mass is 32.1. The summed E-state index contributed by atoms with van der Waals surface area (Å²) < 4.78 is 2.56. The fraction of sp³-hybridized carbons (Fsp3) is 0.176. The Balaban J connectivity index is 0.000000511. The average Bonchev–Trinajstić information content (AvgIpc) is 2.91. The molecule has 1 aromatic heterocycles. The summed E-state index contributed by atoms with van der Waals surface area (Å²) in [7, 11) is 0. The zero-order valence-corrected chi connectivity index (χ0v) is 14.3. The van der Waals surface area contributed by atoms with E-state index in [1.54, 1.807) is 11.3 Å². The Morgan fingerprint density at radius 1 is 1.00 bits per heavy atom. The second-order valence-corrected chi connectivity index (χ2v) is 6.48. The van der Waals surface area contributed by atoms with E-state index in [4.69, 9.17) is 10.5 Å². The van der Waals surface area contributed by atoms with Crippen molar-refractivity contribution >= 4 is 43.6 Å². The standard InChI is InChI=1S/C16H16N2O2S.CH4N2O/c17-16(19)18(20)9-3-4-11-7-8-13-12-5-1-2-6-14(12)21-15(13)10-11;2-1(3)4/h1-2,5-8,10,20H,3-4,9H2,(H2,17,19);(H4,2,3,4). The summed E-state index contributed by atoms with van der Waals surface area (Å²) in [5.74, 6) is 0. The molecule has 0 saturated heterocycles. The van der Waals surface area contributed by atoms with Crippen LogP contribution in [-0.4, -0.2) is 28.9 Å². The van der Waals surface area contributed by atoms with Crippen LogP contribution in [0.3, 0.4) is 0 Å². The molecule has 3 aromatic rings. The minimum Gasteiger partial charge on any atom is -0.352 e. The fourth-order valence-corrected chi connectivity index (χ4v) is 3.64. The van der Waals surface area contributed by atoms with Gasteiger partial charge in [0.05, 0.1) is 6.54 Å². The predicted octanol–water partition coefficient (Wildman–Crippen LogP) is 2.78. The third-order valence-electron chi connectivity index (χ3n) is 3.53. The number of aryl methyl sites for hydroxylation is 1. The monoisotopic (exact) mass is 360 g/mol. The van der Waals surface area contributed by atoms with Crippen LogP contribution in [0.1, 0.15) is 12.0 Å². The number of fused-ring (bicyclic) bond motifs is 3. The van der Waals surface area contributed by atoms with Crippen LogP contribution in [0.5, 0.6) is 0 Å². The second kappa shape index (κ2) is 8.32. The number of amides is 4. The van der Waals surface area contributed by atoms with E-state index in [9.17, 15) is 10.0 Å². The number of hydrogen-bond donors (Lipinski definition) is 4. The molecular formula is C17H20N4O3S. The highest BCUT2D eigenvalue weighted by Crippen LogP contribution is 2.34. The molecule has 25 heavy (non-hydrogen) atoms. The van der Waals surface area contributed by atoms with E-state index >= 15 is 0 Å². The van der Waals surface area contributed by atoms with Crippen molar-refractivity contribution in [3.8, 4) is 0 Å². The Hall–Kier alpha value is -2.84. The lowest BCUT2D eigenvalue weighted by Crippen LogP contribution is -2.33. The van der Waals surface area contributed by atoms with Crippen molar-refractivity contribution in [2.24, 2.45) is 17.2 Å². The number of urea groups is 2. The average molecular weight is 360 g/mol. The summed E-state index contributed by atoms with van der Waals surface area (Å²) in [4.78, 5) is 19.7. The molecule has 4 amide bonds. The molecular weight excluding hydrogens is 340 g/mol. The first-order chi connectivity index (χ1) is 11.9. The quantitative estimate of drug-likeness (QED) is 0.420. The molecule has 0 atom stereocenters. The third kappa shape index (κ3) is 5.07. The van der Waals surface area contributed by atoms with Gasteiger partial charge in [-0.1, -0.05) is 30.3 Å². The fourth-order valence-electron chi connectivity index (χ4n) is 2.47. The number of benzene rings is 2. The van der Waals surface area contributed by atoms with Crippen molar-refractivity contribution in [3.63, 3.8) is 0 Å². The Morgan fingerprint density at radius 2 is 1.64 bits per heavy atom. The van der Waals surface area contributed by atoms with Crippen molar-refractivity contribution in [2.45, 2.75) is 12.8 Å². The van der Waals surface area contributed by atoms with Gasteiger partial charge in [0, 0.05) is 20.2 Å². The number of thiophene rings is 1. The van der Waals surface area contributed by atoms with Crippen molar-refractivity contribution in [2.75, 3.05) is 6.54 Å². The maximum absolute atomic E-state index is 10.7. The lowest BCUT2D eigenvalue weighted by atomic mass is 10.1. The van der Waals surface area contributed by atoms with E-state index in [0.717, 1.165) is 6.42 Å². The summed E-state index contributed by atoms with van der Waals surface area (Å²) >= 11 is 1.79. The van der Waals surface area contributed by atoms with Crippen LogP contribution in [-0.2, 0) is 6.42 Å². The lowest BCUT2D eigenvalue weighted by Gasteiger charge is -2.11. The summed E-state index contributed by atoms with van der Waals surface area (Å²) in [6.45, 7) is 0.250. The second-order valence-electron chi connectivity index (χ2n) is 5.40. The Bertz CT molecular complexity index is 890. The molecule has 7 N–H and O–H groups in total. The normalized spacial score (nSPS) is 10.3. The molecule has 7 nitrogen and oxygen atoms in total. The van der Waals surface area contributed by atoms with Gasteiger partial charge in [0.2, 0.25) is 0 Å². The highest BCUT2D eigenvalue weighted by molar-refractivity contribution is 7.25. The van der Waals surface area contributed by atoms with Gasteiger partial charge in [-0.15, -0.1) is 11.3 Å². The van der Waals surface area contributed by atoms with E-state index in [0.29, 0.717) is 11.5 Å². The number of carbonyl (C=O) groups excluding carboxylic acids is 2. The topological polar surface area (TPSA) is 136 Å². The van der Waals surface area contributed by atoms with Crippen LogP contribution < -0.4 is 17.2 Å². The molecule has 0 aliphatic rings. The van der Waals surface area contributed by atoms with E-state index in [-0.39, 0.29) is 6.54 Å². The van der Waals surface area contributed by atoms with Crippen LogP contribution >= 0.6 is 11.3 Å². The van der Waals surface area contributed by atoms with Gasteiger partial charge in [-0.05, 0) is 30.5 Å². The molecule has 0 spiro atoms. The first-order valence-corrected chi connectivity index (χ1v) is 8.41. The van der Waals surface area contributed by atoms with Crippen molar-refractivity contribution < 1.29 is 14.8 Å². The first kappa shape index (κ1) is 18.5. The summed E-state index contributed by atoms with van der Waals surface area (Å²) in [5, 5.41) is 12.4. The molecule has 3 rings (SSSR count). The van der Waals surface area contributed by atoms with Crippen LogP contribution in [0.4, 0.5) is 9.59 Å². The van der Waals surface area contributed by atoms with E-state index in [1.807, 2.05) is 0 Å². The van der Waals surface area contributed by atoms with Crippen molar-refractivity contribution in [3.05, 3.63) is 48.0 Å². The molecule has 2 aromatic carbocycles. The summed E-state index contributed by atoms with van der Waals surface area (Å²) in [6, 6.07) is 13.2. The van der Waals surface area contributed by atoms with Gasteiger partial charge in [-0.2, -0.15) is 0 Å². The van der Waals surface area contributed by atoms with Gasteiger partial charge in [-0.25, -0.2) is 14.7 Å². The number of nitrogens with two attached hydrogens (primary N) is 3. The molecule has 1 heterocycles. The van der Waals surface area contributed by atoms with Gasteiger partial charge < -0.3 is 17.2 Å². The Morgan fingerprint density at radius 3 is 2.32 bits per heavy atom. The smallest absolute Gasteiger partial charge is 0.338 e. The van der Waals surface area contributed by atoms with Gasteiger partial charge in [0.25, 0.3) is 0 Å². The van der Waals surface area contributed by atoms with Crippen LogP contribution in [0.15, 0.2) is 42.5 Å².